The molecule has 2 aromatic carbocycles. The zero-order chi connectivity index (χ0) is 30.6. The van der Waals surface area contributed by atoms with E-state index in [2.05, 4.69) is 32.1 Å². The molecule has 0 aliphatic carbocycles. The SMILES string of the molecule is O=S(=O)(c1cc(S(=O)(=O)N2CCCCC2)c(N2CCN(c3ccccc3)CC2)cc1NCCN1CCCC1)N1CCCCC1. The number of piperazine rings is 1. The van der Waals surface area contributed by atoms with Crippen LogP contribution in [0.5, 0.6) is 0 Å². The first-order chi connectivity index (χ1) is 21.3. The lowest BCUT2D eigenvalue weighted by Gasteiger charge is -2.39. The molecule has 6 rings (SSSR count). The van der Waals surface area contributed by atoms with Crippen LogP contribution in [-0.2, 0) is 20.0 Å². The first-order valence-electron chi connectivity index (χ1n) is 16.5. The number of piperidine rings is 2. The highest BCUT2D eigenvalue weighted by Gasteiger charge is 2.36. The molecule has 4 aliphatic rings. The van der Waals surface area contributed by atoms with Gasteiger partial charge in [-0.2, -0.15) is 8.61 Å². The van der Waals surface area contributed by atoms with Crippen LogP contribution in [0.25, 0.3) is 0 Å². The minimum Gasteiger partial charge on any atom is -0.383 e. The molecule has 44 heavy (non-hydrogen) atoms. The maximum atomic E-state index is 14.3. The average molecular weight is 645 g/mol. The predicted octanol–water partition coefficient (Wildman–Crippen LogP) is 3.87. The molecule has 12 heteroatoms. The summed E-state index contributed by atoms with van der Waals surface area (Å²) in [5, 5.41) is 3.46. The molecule has 0 unspecified atom stereocenters. The minimum atomic E-state index is -3.91. The monoisotopic (exact) mass is 644 g/mol. The number of likely N-dealkylation sites (tertiary alicyclic amines) is 1. The van der Waals surface area contributed by atoms with Crippen LogP contribution < -0.4 is 15.1 Å². The second-order valence-corrected chi connectivity index (χ2v) is 16.3. The van der Waals surface area contributed by atoms with Crippen molar-refractivity contribution >= 4 is 37.1 Å². The number of benzene rings is 2. The van der Waals surface area contributed by atoms with Crippen LogP contribution in [0.3, 0.4) is 0 Å². The molecular weight excluding hydrogens is 597 g/mol. The van der Waals surface area contributed by atoms with Crippen LogP contribution in [0.15, 0.2) is 52.3 Å². The van der Waals surface area contributed by atoms with Crippen molar-refractivity contribution in [1.29, 1.82) is 0 Å². The zero-order valence-electron chi connectivity index (χ0n) is 25.9. The van der Waals surface area contributed by atoms with Crippen molar-refractivity contribution in [3.8, 4) is 0 Å². The van der Waals surface area contributed by atoms with Crippen LogP contribution >= 0.6 is 0 Å². The molecule has 4 aliphatic heterocycles. The van der Waals surface area contributed by atoms with Crippen LogP contribution in [0.2, 0.25) is 0 Å². The number of sulfonamides is 2. The maximum Gasteiger partial charge on any atom is 0.245 e. The summed E-state index contributed by atoms with van der Waals surface area (Å²) in [6.07, 6.45) is 7.68. The quantitative estimate of drug-likeness (QED) is 0.417. The van der Waals surface area contributed by atoms with Gasteiger partial charge < -0.3 is 20.0 Å². The van der Waals surface area contributed by atoms with Gasteiger partial charge in [0.05, 0.1) is 11.4 Å². The van der Waals surface area contributed by atoms with Crippen molar-refractivity contribution in [2.75, 3.05) is 93.7 Å². The summed E-state index contributed by atoms with van der Waals surface area (Å²) >= 11 is 0. The lowest BCUT2D eigenvalue weighted by atomic mass is 10.2. The largest absolute Gasteiger partial charge is 0.383 e. The van der Waals surface area contributed by atoms with E-state index in [-0.39, 0.29) is 9.79 Å². The third-order valence-corrected chi connectivity index (χ3v) is 13.5. The highest BCUT2D eigenvalue weighted by atomic mass is 32.2. The Hall–Kier alpha value is -2.38. The van der Waals surface area contributed by atoms with Gasteiger partial charge in [0.25, 0.3) is 0 Å². The summed E-state index contributed by atoms with van der Waals surface area (Å²) in [6.45, 7) is 8.18. The Labute approximate surface area is 264 Å². The van der Waals surface area contributed by atoms with Gasteiger partial charge in [-0.1, -0.05) is 31.0 Å². The Morgan fingerprint density at radius 3 is 1.68 bits per heavy atom. The molecule has 0 saturated carbocycles. The fourth-order valence-corrected chi connectivity index (χ4v) is 10.5. The molecule has 0 spiro atoms. The number of hydrogen-bond donors (Lipinski definition) is 1. The highest BCUT2D eigenvalue weighted by molar-refractivity contribution is 7.90. The Morgan fingerprint density at radius 1 is 0.568 bits per heavy atom. The molecule has 0 radical (unpaired) electrons. The second kappa shape index (κ2) is 13.9. The third kappa shape index (κ3) is 6.89. The van der Waals surface area contributed by atoms with Crippen molar-refractivity contribution in [2.24, 2.45) is 0 Å². The van der Waals surface area contributed by atoms with Crippen molar-refractivity contribution in [3.05, 3.63) is 42.5 Å². The van der Waals surface area contributed by atoms with Gasteiger partial charge in [-0.25, -0.2) is 16.8 Å². The Bertz CT molecular complexity index is 1460. The topological polar surface area (TPSA) is 96.5 Å². The van der Waals surface area contributed by atoms with E-state index in [0.717, 1.165) is 76.9 Å². The summed E-state index contributed by atoms with van der Waals surface area (Å²) in [7, 11) is -7.81. The molecule has 0 amide bonds. The normalized spacial score (nSPS) is 21.5. The first-order valence-corrected chi connectivity index (χ1v) is 19.4. The summed E-state index contributed by atoms with van der Waals surface area (Å²) < 4.78 is 60.2. The molecule has 4 saturated heterocycles. The predicted molar refractivity (Wildman–Crippen MR) is 177 cm³/mol. The number of nitrogens with one attached hydrogen (secondary N) is 1. The van der Waals surface area contributed by atoms with E-state index < -0.39 is 20.0 Å². The molecule has 2 aromatic rings. The van der Waals surface area contributed by atoms with Gasteiger partial charge in [0.15, 0.2) is 0 Å². The molecule has 242 valence electrons. The van der Waals surface area contributed by atoms with Crippen molar-refractivity contribution in [2.45, 2.75) is 61.2 Å². The van der Waals surface area contributed by atoms with Gasteiger partial charge in [-0.15, -0.1) is 0 Å². The van der Waals surface area contributed by atoms with Crippen molar-refractivity contribution in [1.82, 2.24) is 13.5 Å². The molecule has 0 aromatic heterocycles. The van der Waals surface area contributed by atoms with E-state index in [9.17, 15) is 16.8 Å². The number of nitrogens with zero attached hydrogens (tertiary/aromatic N) is 5. The molecule has 0 atom stereocenters. The number of hydrogen-bond acceptors (Lipinski definition) is 8. The fraction of sp³-hybridized carbons (Fsp3) is 0.625. The summed E-state index contributed by atoms with van der Waals surface area (Å²) in [5.41, 5.74) is 2.26. The first kappa shape index (κ1) is 31.6. The Morgan fingerprint density at radius 2 is 1.09 bits per heavy atom. The zero-order valence-corrected chi connectivity index (χ0v) is 27.5. The highest BCUT2D eigenvalue weighted by Crippen LogP contribution is 2.38. The maximum absolute atomic E-state index is 14.3. The van der Waals surface area contributed by atoms with Crippen molar-refractivity contribution in [3.63, 3.8) is 0 Å². The molecular formula is C32H48N6O4S2. The summed E-state index contributed by atoms with van der Waals surface area (Å²) in [5.74, 6) is 0. The van der Waals surface area contributed by atoms with Crippen LogP contribution in [0, 0.1) is 0 Å². The van der Waals surface area contributed by atoms with Crippen LogP contribution in [0.4, 0.5) is 17.1 Å². The Kier molecular flexibility index (Phi) is 10.0. The summed E-state index contributed by atoms with van der Waals surface area (Å²) in [4.78, 5) is 7.06. The lowest BCUT2D eigenvalue weighted by molar-refractivity contribution is 0.345. The van der Waals surface area contributed by atoms with Crippen LogP contribution in [0.1, 0.15) is 51.4 Å². The van der Waals surface area contributed by atoms with Crippen molar-refractivity contribution < 1.29 is 16.8 Å². The van der Waals surface area contributed by atoms with Gasteiger partial charge >= 0.3 is 0 Å². The minimum absolute atomic E-state index is 0.0862. The molecule has 0 bridgehead atoms. The van der Waals surface area contributed by atoms with E-state index in [0.29, 0.717) is 57.2 Å². The Balaban J connectivity index is 1.39. The fourth-order valence-electron chi connectivity index (χ4n) is 7.04. The average Bonchev–Trinajstić information content (AvgIpc) is 3.59. The van der Waals surface area contributed by atoms with Crippen LogP contribution in [-0.4, -0.2) is 109 Å². The molecule has 10 nitrogen and oxygen atoms in total. The van der Waals surface area contributed by atoms with Gasteiger partial charge in [0.1, 0.15) is 9.79 Å². The lowest BCUT2D eigenvalue weighted by Crippen LogP contribution is -2.47. The van der Waals surface area contributed by atoms with Gasteiger partial charge in [-0.3, -0.25) is 0 Å². The molecule has 1 N–H and O–H groups in total. The summed E-state index contributed by atoms with van der Waals surface area (Å²) in [6, 6.07) is 13.6. The smallest absolute Gasteiger partial charge is 0.245 e. The number of anilines is 3. The van der Waals surface area contributed by atoms with Gasteiger partial charge in [-0.05, 0) is 75.9 Å². The van der Waals surface area contributed by atoms with E-state index in [1.165, 1.54) is 18.9 Å². The van der Waals surface area contributed by atoms with E-state index in [4.69, 9.17) is 0 Å². The van der Waals surface area contributed by atoms with Gasteiger partial charge in [0, 0.05) is 71.1 Å². The molecule has 4 heterocycles. The van der Waals surface area contributed by atoms with E-state index >= 15 is 0 Å². The second-order valence-electron chi connectivity index (χ2n) is 12.5. The third-order valence-electron chi connectivity index (χ3n) is 9.61. The number of rotatable bonds is 10. The van der Waals surface area contributed by atoms with E-state index in [1.54, 1.807) is 8.61 Å². The standard InChI is InChI=1S/C32H48N6O4S2/c39-43(40,37-17-6-2-7-18-37)31-27-32(44(41,42)38-19-8-3-9-20-38)30(26-29(31)33-14-21-34-15-10-11-16-34)36-24-22-35(23-25-36)28-12-4-1-5-13-28/h1,4-5,12-13,26-27,33H,2-3,6-11,14-25H2. The molecule has 4 fully saturated rings. The van der Waals surface area contributed by atoms with Gasteiger partial charge in [0.2, 0.25) is 20.0 Å². The van der Waals surface area contributed by atoms with E-state index in [1.807, 2.05) is 24.3 Å². The number of para-hydroxylation sites is 1.